The van der Waals surface area contributed by atoms with E-state index in [0.29, 0.717) is 5.56 Å². The van der Waals surface area contributed by atoms with Crippen molar-refractivity contribution in [1.82, 2.24) is 4.98 Å². The van der Waals surface area contributed by atoms with Crippen LogP contribution in [-0.4, -0.2) is 17.4 Å². The highest BCUT2D eigenvalue weighted by atomic mass is 32.1. The van der Waals surface area contributed by atoms with Crippen LogP contribution in [-0.2, 0) is 19.4 Å². The Hall–Kier alpha value is -3.18. The number of hydrogen-bond donors (Lipinski definition) is 1. The number of fused-ring (bicyclic) bond motifs is 3. The molecule has 1 amide bonds. The number of aromatic nitrogens is 1. The smallest absolute Gasteiger partial charge is 0.255 e. The molecule has 0 spiro atoms. The van der Waals surface area contributed by atoms with Crippen molar-refractivity contribution in [3.63, 3.8) is 0 Å². The van der Waals surface area contributed by atoms with Gasteiger partial charge in [-0.05, 0) is 71.3 Å². The molecule has 0 unspecified atom stereocenters. The highest BCUT2D eigenvalue weighted by Gasteiger charge is 2.20. The molecule has 1 N–H and O–H groups in total. The maximum atomic E-state index is 12.8. The van der Waals surface area contributed by atoms with Crippen molar-refractivity contribution >= 4 is 38.8 Å². The van der Waals surface area contributed by atoms with Crippen LogP contribution in [0.4, 0.5) is 11.4 Å². The molecule has 2 aromatic heterocycles. The van der Waals surface area contributed by atoms with Gasteiger partial charge in [0.15, 0.2) is 0 Å². The van der Waals surface area contributed by atoms with Gasteiger partial charge < -0.3 is 10.2 Å². The van der Waals surface area contributed by atoms with Crippen molar-refractivity contribution in [2.75, 3.05) is 16.8 Å². The van der Waals surface area contributed by atoms with Crippen molar-refractivity contribution in [3.05, 3.63) is 88.4 Å². The summed E-state index contributed by atoms with van der Waals surface area (Å²) in [6, 6.07) is 18.0. The number of carbonyl (C=O) groups is 1. The first-order valence-corrected chi connectivity index (χ1v) is 11.2. The van der Waals surface area contributed by atoms with Crippen molar-refractivity contribution in [3.8, 4) is 0 Å². The number of hydrogen-bond acceptors (Lipinski definition) is 4. The van der Waals surface area contributed by atoms with Crippen molar-refractivity contribution in [1.29, 1.82) is 0 Å². The lowest BCUT2D eigenvalue weighted by Crippen LogP contribution is -2.30. The molecule has 0 radical (unpaired) electrons. The molecule has 0 fully saturated rings. The molecule has 0 bridgehead atoms. The molecule has 0 saturated carbocycles. The first-order valence-electron chi connectivity index (χ1n) is 10.3. The first-order chi connectivity index (χ1) is 14.7. The zero-order valence-corrected chi connectivity index (χ0v) is 17.7. The van der Waals surface area contributed by atoms with E-state index in [9.17, 15) is 4.79 Å². The van der Waals surface area contributed by atoms with Crippen LogP contribution in [0.25, 0.3) is 10.2 Å². The lowest BCUT2D eigenvalue weighted by atomic mass is 10.0. The highest BCUT2D eigenvalue weighted by molar-refractivity contribution is 7.17. The standard InChI is InChI=1S/C25H23N3OS/c1-2-17-5-3-7-20(13-17)27-25(29)18-6-4-8-21(14-18)28-11-9-22-19(16-28)15-26-23-10-12-30-24(22)23/h3-8,10,12-15H,2,9,11,16H2,1H3,(H,27,29). The normalized spacial score (nSPS) is 13.3. The van der Waals surface area contributed by atoms with Gasteiger partial charge in [0.1, 0.15) is 0 Å². The SMILES string of the molecule is CCc1cccc(NC(=O)c2cccc(N3CCc4c(cnc5ccsc45)C3)c2)c1. The fourth-order valence-electron chi connectivity index (χ4n) is 4.08. The fraction of sp³-hybridized carbons (Fsp3) is 0.200. The summed E-state index contributed by atoms with van der Waals surface area (Å²) >= 11 is 1.77. The fourth-order valence-corrected chi connectivity index (χ4v) is 5.03. The van der Waals surface area contributed by atoms with E-state index in [1.54, 1.807) is 11.3 Å². The number of anilines is 2. The van der Waals surface area contributed by atoms with Gasteiger partial charge in [-0.1, -0.05) is 25.1 Å². The summed E-state index contributed by atoms with van der Waals surface area (Å²) in [5.74, 6) is -0.0792. The number of rotatable bonds is 4. The lowest BCUT2D eigenvalue weighted by Gasteiger charge is -2.31. The Bertz CT molecular complexity index is 1230. The Kier molecular flexibility index (Phi) is 4.97. The average Bonchev–Trinajstić information content (AvgIpc) is 3.28. The van der Waals surface area contributed by atoms with Gasteiger partial charge in [-0.3, -0.25) is 9.78 Å². The number of amides is 1. The summed E-state index contributed by atoms with van der Waals surface area (Å²) in [6.45, 7) is 3.87. The van der Waals surface area contributed by atoms with Gasteiger partial charge >= 0.3 is 0 Å². The van der Waals surface area contributed by atoms with Crippen LogP contribution >= 0.6 is 11.3 Å². The second-order valence-electron chi connectivity index (χ2n) is 7.63. The molecule has 5 heteroatoms. The van der Waals surface area contributed by atoms with Gasteiger partial charge in [-0.2, -0.15) is 0 Å². The van der Waals surface area contributed by atoms with Crippen LogP contribution in [0.3, 0.4) is 0 Å². The minimum atomic E-state index is -0.0792. The summed E-state index contributed by atoms with van der Waals surface area (Å²) in [4.78, 5) is 19.8. The third-order valence-electron chi connectivity index (χ3n) is 5.73. The molecule has 0 saturated heterocycles. The number of nitrogens with one attached hydrogen (secondary N) is 1. The summed E-state index contributed by atoms with van der Waals surface area (Å²) in [7, 11) is 0. The quantitative estimate of drug-likeness (QED) is 0.469. The van der Waals surface area contributed by atoms with Crippen molar-refractivity contribution in [2.45, 2.75) is 26.3 Å². The molecule has 3 heterocycles. The van der Waals surface area contributed by atoms with Crippen LogP contribution in [0.5, 0.6) is 0 Å². The van der Waals surface area contributed by atoms with Gasteiger partial charge in [-0.15, -0.1) is 11.3 Å². The number of aryl methyl sites for hydroxylation is 1. The predicted octanol–water partition coefficient (Wildman–Crippen LogP) is 5.67. The van der Waals surface area contributed by atoms with E-state index in [4.69, 9.17) is 0 Å². The summed E-state index contributed by atoms with van der Waals surface area (Å²) in [5, 5.41) is 5.14. The zero-order valence-electron chi connectivity index (χ0n) is 16.9. The first kappa shape index (κ1) is 18.8. The van der Waals surface area contributed by atoms with E-state index in [0.717, 1.165) is 42.8 Å². The van der Waals surface area contributed by atoms with E-state index < -0.39 is 0 Å². The van der Waals surface area contributed by atoms with Crippen LogP contribution in [0.2, 0.25) is 0 Å². The Morgan fingerprint density at radius 1 is 1.17 bits per heavy atom. The Morgan fingerprint density at radius 2 is 2.07 bits per heavy atom. The molecule has 2 aromatic carbocycles. The average molecular weight is 414 g/mol. The van der Waals surface area contributed by atoms with Gasteiger partial charge in [-0.25, -0.2) is 0 Å². The largest absolute Gasteiger partial charge is 0.367 e. The van der Waals surface area contributed by atoms with Crippen LogP contribution in [0.1, 0.15) is 34.0 Å². The number of nitrogens with zero attached hydrogens (tertiary/aromatic N) is 2. The molecular formula is C25H23N3OS. The number of benzene rings is 2. The van der Waals surface area contributed by atoms with Gasteiger partial charge in [0.2, 0.25) is 0 Å². The summed E-state index contributed by atoms with van der Waals surface area (Å²) in [6.07, 6.45) is 3.95. The van der Waals surface area contributed by atoms with Crippen LogP contribution < -0.4 is 10.2 Å². The van der Waals surface area contributed by atoms with E-state index >= 15 is 0 Å². The van der Waals surface area contributed by atoms with Gasteiger partial charge in [0, 0.05) is 36.2 Å². The molecule has 1 aliphatic heterocycles. The second kappa shape index (κ2) is 7.92. The molecular weight excluding hydrogens is 390 g/mol. The second-order valence-corrected chi connectivity index (χ2v) is 8.54. The predicted molar refractivity (Wildman–Crippen MR) is 125 cm³/mol. The van der Waals surface area contributed by atoms with Gasteiger partial charge in [0.25, 0.3) is 5.91 Å². The van der Waals surface area contributed by atoms with Crippen molar-refractivity contribution in [2.24, 2.45) is 0 Å². The molecule has 30 heavy (non-hydrogen) atoms. The van der Waals surface area contributed by atoms with Crippen LogP contribution in [0.15, 0.2) is 66.2 Å². The Morgan fingerprint density at radius 3 is 2.97 bits per heavy atom. The third-order valence-corrected chi connectivity index (χ3v) is 6.69. The summed E-state index contributed by atoms with van der Waals surface area (Å²) < 4.78 is 1.31. The molecule has 150 valence electrons. The Labute approximate surface area is 180 Å². The van der Waals surface area contributed by atoms with E-state index in [-0.39, 0.29) is 5.91 Å². The molecule has 0 aliphatic carbocycles. The minimum absolute atomic E-state index is 0.0792. The van der Waals surface area contributed by atoms with Crippen molar-refractivity contribution < 1.29 is 4.79 Å². The summed E-state index contributed by atoms with van der Waals surface area (Å²) in [5.41, 5.74) is 7.59. The van der Waals surface area contributed by atoms with E-state index in [1.165, 1.54) is 21.4 Å². The van der Waals surface area contributed by atoms with Gasteiger partial charge in [0.05, 0.1) is 10.2 Å². The monoisotopic (exact) mass is 413 g/mol. The number of thiophene rings is 1. The zero-order chi connectivity index (χ0) is 20.5. The Balaban J connectivity index is 1.36. The number of pyridine rings is 1. The minimum Gasteiger partial charge on any atom is -0.367 e. The molecule has 5 rings (SSSR count). The molecule has 4 nitrogen and oxygen atoms in total. The van der Waals surface area contributed by atoms with Crippen LogP contribution in [0, 0.1) is 0 Å². The maximum absolute atomic E-state index is 12.8. The van der Waals surface area contributed by atoms with E-state index in [2.05, 4.69) is 45.7 Å². The highest BCUT2D eigenvalue weighted by Crippen LogP contribution is 2.31. The molecule has 0 atom stereocenters. The molecule has 4 aromatic rings. The number of carbonyl (C=O) groups excluding carboxylic acids is 1. The van der Waals surface area contributed by atoms with E-state index in [1.807, 2.05) is 42.6 Å². The maximum Gasteiger partial charge on any atom is 0.255 e. The topological polar surface area (TPSA) is 45.2 Å². The third kappa shape index (κ3) is 3.57. The molecule has 1 aliphatic rings. The lowest BCUT2D eigenvalue weighted by molar-refractivity contribution is 0.102.